The third-order valence-electron chi connectivity index (χ3n) is 5.23. The number of aromatic amines is 1. The monoisotopic (exact) mass is 415 g/mol. The van der Waals surface area contributed by atoms with Gasteiger partial charge in [0.25, 0.3) is 5.56 Å². The lowest BCUT2D eigenvalue weighted by atomic mass is 10.1. The number of halogens is 1. The molecule has 26 heavy (non-hydrogen) atoms. The summed E-state index contributed by atoms with van der Waals surface area (Å²) < 4.78 is 8.42. The normalized spacial score (nSPS) is 21.9. The lowest BCUT2D eigenvalue weighted by Gasteiger charge is -2.26. The highest BCUT2D eigenvalue weighted by molar-refractivity contribution is 9.10. The van der Waals surface area contributed by atoms with Crippen molar-refractivity contribution >= 4 is 32.9 Å². The first-order chi connectivity index (χ1) is 12.5. The fraction of sp³-hybridized carbons (Fsp3) is 0.389. The second-order valence-corrected chi connectivity index (χ2v) is 8.00. The maximum Gasteiger partial charge on any atom is 0.263 e. The molecule has 3 aromatic rings. The minimum absolute atomic E-state index is 0.160. The summed E-state index contributed by atoms with van der Waals surface area (Å²) in [4.78, 5) is 22.3. The molecule has 0 aliphatic carbocycles. The number of aryl methyl sites for hydroxylation is 2. The second-order valence-electron chi connectivity index (χ2n) is 7.09. The molecule has 2 atom stereocenters. The lowest BCUT2D eigenvalue weighted by Crippen LogP contribution is -2.38. The molecule has 0 radical (unpaired) electrons. The summed E-state index contributed by atoms with van der Waals surface area (Å²) in [7, 11) is 0. The molecule has 1 aromatic carbocycles. The highest BCUT2D eigenvalue weighted by Crippen LogP contribution is 2.31. The van der Waals surface area contributed by atoms with Crippen LogP contribution in [0.1, 0.15) is 17.5 Å². The number of hydrogen-bond donors (Lipinski definition) is 1. The van der Waals surface area contributed by atoms with Crippen LogP contribution in [0.4, 0.5) is 5.95 Å². The van der Waals surface area contributed by atoms with Gasteiger partial charge in [0.15, 0.2) is 5.65 Å². The second kappa shape index (κ2) is 5.65. The minimum Gasteiger partial charge on any atom is -0.374 e. The SMILES string of the molecule is Cc1cc(Br)cc(C)c1-n1cc2c(=O)[nH]c(N3C[C@@H]4C[C@H]3CO4)nc2n1. The van der Waals surface area contributed by atoms with Crippen LogP contribution in [0.25, 0.3) is 16.7 Å². The van der Waals surface area contributed by atoms with Crippen molar-refractivity contribution < 1.29 is 4.74 Å². The van der Waals surface area contributed by atoms with Gasteiger partial charge in [-0.25, -0.2) is 4.68 Å². The number of rotatable bonds is 2. The lowest BCUT2D eigenvalue weighted by molar-refractivity contribution is 0.0986. The van der Waals surface area contributed by atoms with Gasteiger partial charge in [-0.2, -0.15) is 4.98 Å². The standard InChI is InChI=1S/C18H18BrN5O2/c1-9-3-11(19)4-10(2)15(9)24-7-14-16(22-24)20-18(21-17(14)25)23-6-13-5-12(23)8-26-13/h3-4,7,12-13H,5-6,8H2,1-2H3,(H,20,21,22,25)/t12-,13-/m0/s1. The van der Waals surface area contributed by atoms with E-state index in [-0.39, 0.29) is 11.7 Å². The number of nitrogens with zero attached hydrogens (tertiary/aromatic N) is 4. The Kier molecular flexibility index (Phi) is 3.48. The van der Waals surface area contributed by atoms with Gasteiger partial charge in [0.2, 0.25) is 5.95 Å². The van der Waals surface area contributed by atoms with E-state index in [1.54, 1.807) is 10.9 Å². The van der Waals surface area contributed by atoms with Gasteiger partial charge in [-0.1, -0.05) is 15.9 Å². The van der Waals surface area contributed by atoms with Crippen LogP contribution < -0.4 is 10.5 Å². The summed E-state index contributed by atoms with van der Waals surface area (Å²) in [5.41, 5.74) is 3.44. The van der Waals surface area contributed by atoms with E-state index in [4.69, 9.17) is 4.74 Å². The molecule has 2 saturated heterocycles. The van der Waals surface area contributed by atoms with Crippen molar-refractivity contribution in [2.45, 2.75) is 32.4 Å². The Morgan fingerprint density at radius 1 is 1.31 bits per heavy atom. The van der Waals surface area contributed by atoms with Crippen molar-refractivity contribution in [3.05, 3.63) is 44.3 Å². The largest absolute Gasteiger partial charge is 0.374 e. The molecular weight excluding hydrogens is 398 g/mol. The van der Waals surface area contributed by atoms with Crippen LogP contribution in [0, 0.1) is 13.8 Å². The van der Waals surface area contributed by atoms with E-state index in [9.17, 15) is 4.79 Å². The molecule has 0 amide bonds. The smallest absolute Gasteiger partial charge is 0.263 e. The molecule has 2 bridgehead atoms. The van der Waals surface area contributed by atoms with Crippen LogP contribution in [0.5, 0.6) is 0 Å². The fourth-order valence-corrected chi connectivity index (χ4v) is 4.77. The average molecular weight is 416 g/mol. The van der Waals surface area contributed by atoms with Gasteiger partial charge in [-0.3, -0.25) is 9.78 Å². The zero-order valence-electron chi connectivity index (χ0n) is 14.5. The van der Waals surface area contributed by atoms with E-state index in [0.717, 1.165) is 34.3 Å². The quantitative estimate of drug-likeness (QED) is 0.695. The number of ether oxygens (including phenoxy) is 1. The van der Waals surface area contributed by atoms with Gasteiger partial charge in [-0.05, 0) is 43.5 Å². The topological polar surface area (TPSA) is 76.0 Å². The van der Waals surface area contributed by atoms with E-state index >= 15 is 0 Å². The van der Waals surface area contributed by atoms with E-state index < -0.39 is 0 Å². The van der Waals surface area contributed by atoms with Gasteiger partial charge < -0.3 is 9.64 Å². The fourth-order valence-electron chi connectivity index (χ4n) is 4.08. The Balaban J connectivity index is 1.62. The predicted molar refractivity (Wildman–Crippen MR) is 102 cm³/mol. The Labute approximate surface area is 158 Å². The number of hydrogen-bond acceptors (Lipinski definition) is 5. The zero-order valence-corrected chi connectivity index (χ0v) is 16.1. The van der Waals surface area contributed by atoms with Crippen LogP contribution in [-0.2, 0) is 4.74 Å². The Morgan fingerprint density at radius 2 is 2.08 bits per heavy atom. The van der Waals surface area contributed by atoms with Crippen molar-refractivity contribution in [3.8, 4) is 5.69 Å². The molecule has 0 saturated carbocycles. The van der Waals surface area contributed by atoms with Crippen LogP contribution in [-0.4, -0.2) is 45.0 Å². The Bertz CT molecular complexity index is 1070. The molecule has 1 N–H and O–H groups in total. The first-order valence-electron chi connectivity index (χ1n) is 8.64. The number of fused-ring (bicyclic) bond motifs is 3. The highest BCUT2D eigenvalue weighted by Gasteiger charge is 2.40. The van der Waals surface area contributed by atoms with E-state index in [1.165, 1.54) is 0 Å². The molecule has 134 valence electrons. The highest BCUT2D eigenvalue weighted by atomic mass is 79.9. The summed E-state index contributed by atoms with van der Waals surface area (Å²) in [6.45, 7) is 5.52. The molecule has 8 heteroatoms. The summed E-state index contributed by atoms with van der Waals surface area (Å²) in [6.07, 6.45) is 2.99. The van der Waals surface area contributed by atoms with Crippen molar-refractivity contribution in [3.63, 3.8) is 0 Å². The number of benzene rings is 1. The molecule has 0 unspecified atom stereocenters. The van der Waals surface area contributed by atoms with Gasteiger partial charge in [0.1, 0.15) is 5.39 Å². The molecule has 2 aliphatic heterocycles. The number of anilines is 1. The summed E-state index contributed by atoms with van der Waals surface area (Å²) >= 11 is 3.52. The molecule has 0 spiro atoms. The molecule has 2 fully saturated rings. The number of nitrogens with one attached hydrogen (secondary N) is 1. The van der Waals surface area contributed by atoms with Gasteiger partial charge in [0.05, 0.1) is 24.4 Å². The van der Waals surface area contributed by atoms with E-state index in [1.807, 2.05) is 26.0 Å². The maximum absolute atomic E-state index is 12.6. The molecule has 4 heterocycles. The van der Waals surface area contributed by atoms with Gasteiger partial charge in [0, 0.05) is 17.2 Å². The van der Waals surface area contributed by atoms with Gasteiger partial charge in [-0.15, -0.1) is 5.10 Å². The zero-order chi connectivity index (χ0) is 18.0. The number of aromatic nitrogens is 4. The van der Waals surface area contributed by atoms with Crippen LogP contribution in [0.3, 0.4) is 0 Å². The van der Waals surface area contributed by atoms with Crippen molar-refractivity contribution in [2.75, 3.05) is 18.1 Å². The van der Waals surface area contributed by atoms with Crippen molar-refractivity contribution in [1.29, 1.82) is 0 Å². The predicted octanol–water partition coefficient (Wildman–Crippen LogP) is 2.47. The Hall–Kier alpha value is -2.19. The van der Waals surface area contributed by atoms with E-state index in [2.05, 4.69) is 35.9 Å². The molecule has 2 aromatic heterocycles. The Morgan fingerprint density at radius 3 is 2.73 bits per heavy atom. The summed E-state index contributed by atoms with van der Waals surface area (Å²) in [6, 6.07) is 4.37. The third-order valence-corrected chi connectivity index (χ3v) is 5.69. The molecular formula is C18H18BrN5O2. The summed E-state index contributed by atoms with van der Waals surface area (Å²) in [5, 5.41) is 5.10. The molecule has 2 aliphatic rings. The average Bonchev–Trinajstić information content (AvgIpc) is 3.28. The molecule has 7 nitrogen and oxygen atoms in total. The van der Waals surface area contributed by atoms with E-state index in [0.29, 0.717) is 29.6 Å². The first kappa shape index (κ1) is 16.0. The third kappa shape index (κ3) is 2.39. The first-order valence-corrected chi connectivity index (χ1v) is 9.44. The van der Waals surface area contributed by atoms with Crippen molar-refractivity contribution in [2.24, 2.45) is 0 Å². The van der Waals surface area contributed by atoms with Gasteiger partial charge >= 0.3 is 0 Å². The van der Waals surface area contributed by atoms with Crippen LogP contribution in [0.15, 0.2) is 27.6 Å². The maximum atomic E-state index is 12.6. The van der Waals surface area contributed by atoms with Crippen molar-refractivity contribution in [1.82, 2.24) is 19.7 Å². The van der Waals surface area contributed by atoms with Crippen LogP contribution >= 0.6 is 15.9 Å². The number of H-pyrrole nitrogens is 1. The summed E-state index contributed by atoms with van der Waals surface area (Å²) in [5.74, 6) is 0.591. The number of morpholine rings is 1. The minimum atomic E-state index is -0.160. The van der Waals surface area contributed by atoms with Crippen LogP contribution in [0.2, 0.25) is 0 Å². The molecule has 5 rings (SSSR count).